The van der Waals surface area contributed by atoms with Crippen LogP contribution in [0.3, 0.4) is 0 Å². The number of nitrogens with zero attached hydrogens (tertiary/aromatic N) is 3. The molecule has 0 radical (unpaired) electrons. The Balaban J connectivity index is 1.94. The molecule has 0 saturated heterocycles. The topological polar surface area (TPSA) is 56.7 Å². The van der Waals surface area contributed by atoms with Gasteiger partial charge in [-0.2, -0.15) is 5.10 Å². The molecule has 0 fully saturated rings. The standard InChI is InChI=1S/C17H18N4/c1-2-5-13-7-9-14(10-8-13)17-15(18)12-21(20-17)16-6-3-4-11-19-16/h3-4,6-12H,2,5,18H2,1H3. The highest BCUT2D eigenvalue weighted by Gasteiger charge is 2.10. The van der Waals surface area contributed by atoms with Gasteiger partial charge in [0.05, 0.1) is 11.9 Å². The first-order valence-corrected chi connectivity index (χ1v) is 7.14. The van der Waals surface area contributed by atoms with Crippen LogP contribution in [0.25, 0.3) is 17.1 Å². The number of rotatable bonds is 4. The van der Waals surface area contributed by atoms with Crippen molar-refractivity contribution in [2.75, 3.05) is 5.73 Å². The smallest absolute Gasteiger partial charge is 0.153 e. The van der Waals surface area contributed by atoms with E-state index >= 15 is 0 Å². The van der Waals surface area contributed by atoms with Crippen molar-refractivity contribution in [3.8, 4) is 17.1 Å². The molecule has 0 aliphatic carbocycles. The molecule has 0 saturated carbocycles. The number of aryl methyl sites for hydroxylation is 1. The van der Waals surface area contributed by atoms with Crippen molar-refractivity contribution in [3.05, 3.63) is 60.4 Å². The average Bonchev–Trinajstić information content (AvgIpc) is 2.91. The van der Waals surface area contributed by atoms with E-state index in [1.807, 2.05) is 18.2 Å². The van der Waals surface area contributed by atoms with E-state index in [1.165, 1.54) is 5.56 Å². The molecule has 0 spiro atoms. The van der Waals surface area contributed by atoms with E-state index in [4.69, 9.17) is 5.73 Å². The second-order valence-electron chi connectivity index (χ2n) is 5.01. The molecular formula is C17H18N4. The maximum Gasteiger partial charge on any atom is 0.153 e. The van der Waals surface area contributed by atoms with Gasteiger partial charge in [-0.1, -0.05) is 43.7 Å². The molecule has 2 heterocycles. The minimum absolute atomic E-state index is 0.656. The van der Waals surface area contributed by atoms with Gasteiger partial charge < -0.3 is 5.73 Å². The second kappa shape index (κ2) is 5.79. The fraction of sp³-hybridized carbons (Fsp3) is 0.176. The fourth-order valence-electron chi connectivity index (χ4n) is 2.34. The summed E-state index contributed by atoms with van der Waals surface area (Å²) in [5, 5.41) is 4.56. The lowest BCUT2D eigenvalue weighted by Crippen LogP contribution is -1.97. The molecule has 0 unspecified atom stereocenters. The molecule has 0 atom stereocenters. The first kappa shape index (κ1) is 13.4. The fourth-order valence-corrected chi connectivity index (χ4v) is 2.34. The maximum absolute atomic E-state index is 6.10. The van der Waals surface area contributed by atoms with Crippen molar-refractivity contribution in [2.24, 2.45) is 0 Å². The summed E-state index contributed by atoms with van der Waals surface area (Å²) in [7, 11) is 0. The summed E-state index contributed by atoms with van der Waals surface area (Å²) in [6.45, 7) is 2.18. The minimum atomic E-state index is 0.656. The molecule has 3 rings (SSSR count). The third kappa shape index (κ3) is 2.79. The Morgan fingerprint density at radius 2 is 1.90 bits per heavy atom. The van der Waals surface area contributed by atoms with E-state index in [0.29, 0.717) is 5.69 Å². The summed E-state index contributed by atoms with van der Waals surface area (Å²) in [4.78, 5) is 4.28. The zero-order chi connectivity index (χ0) is 14.7. The Hall–Kier alpha value is -2.62. The summed E-state index contributed by atoms with van der Waals surface area (Å²) < 4.78 is 1.71. The minimum Gasteiger partial charge on any atom is -0.396 e. The quantitative estimate of drug-likeness (QED) is 0.795. The van der Waals surface area contributed by atoms with Crippen LogP contribution in [0.5, 0.6) is 0 Å². The Labute approximate surface area is 124 Å². The highest BCUT2D eigenvalue weighted by molar-refractivity contribution is 5.72. The van der Waals surface area contributed by atoms with Gasteiger partial charge in [0.25, 0.3) is 0 Å². The van der Waals surface area contributed by atoms with Gasteiger partial charge in [0, 0.05) is 11.8 Å². The van der Waals surface area contributed by atoms with Crippen molar-refractivity contribution in [1.82, 2.24) is 14.8 Å². The van der Waals surface area contributed by atoms with Crippen molar-refractivity contribution in [3.63, 3.8) is 0 Å². The lowest BCUT2D eigenvalue weighted by Gasteiger charge is -2.02. The number of pyridine rings is 1. The number of benzene rings is 1. The van der Waals surface area contributed by atoms with E-state index < -0.39 is 0 Å². The van der Waals surface area contributed by atoms with Crippen LogP contribution in [0.2, 0.25) is 0 Å². The van der Waals surface area contributed by atoms with Crippen molar-refractivity contribution < 1.29 is 0 Å². The Morgan fingerprint density at radius 1 is 1.10 bits per heavy atom. The SMILES string of the molecule is CCCc1ccc(-c2nn(-c3ccccn3)cc2N)cc1. The molecule has 21 heavy (non-hydrogen) atoms. The van der Waals surface area contributed by atoms with Gasteiger partial charge in [0.2, 0.25) is 0 Å². The molecule has 0 aliphatic rings. The molecule has 3 aromatic rings. The zero-order valence-electron chi connectivity index (χ0n) is 12.0. The number of nitrogens with two attached hydrogens (primary N) is 1. The lowest BCUT2D eigenvalue weighted by atomic mass is 10.1. The number of hydrogen-bond acceptors (Lipinski definition) is 3. The first-order chi connectivity index (χ1) is 10.3. The molecule has 2 N–H and O–H groups in total. The van der Waals surface area contributed by atoms with Crippen LogP contribution in [0, 0.1) is 0 Å². The van der Waals surface area contributed by atoms with Crippen molar-refractivity contribution in [2.45, 2.75) is 19.8 Å². The van der Waals surface area contributed by atoms with E-state index in [1.54, 1.807) is 17.1 Å². The largest absolute Gasteiger partial charge is 0.396 e. The predicted molar refractivity (Wildman–Crippen MR) is 85.2 cm³/mol. The molecular weight excluding hydrogens is 260 g/mol. The Kier molecular flexibility index (Phi) is 3.69. The number of anilines is 1. The zero-order valence-corrected chi connectivity index (χ0v) is 12.0. The van der Waals surface area contributed by atoms with Gasteiger partial charge >= 0.3 is 0 Å². The van der Waals surface area contributed by atoms with Gasteiger partial charge in [-0.3, -0.25) is 0 Å². The molecule has 4 heteroatoms. The highest BCUT2D eigenvalue weighted by Crippen LogP contribution is 2.25. The van der Waals surface area contributed by atoms with Gasteiger partial charge in [-0.15, -0.1) is 0 Å². The van der Waals surface area contributed by atoms with Crippen LogP contribution in [0.15, 0.2) is 54.9 Å². The van der Waals surface area contributed by atoms with Crippen LogP contribution < -0.4 is 5.73 Å². The van der Waals surface area contributed by atoms with Crippen LogP contribution in [-0.2, 0) is 6.42 Å². The second-order valence-corrected chi connectivity index (χ2v) is 5.01. The van der Waals surface area contributed by atoms with Crippen LogP contribution in [0.1, 0.15) is 18.9 Å². The third-order valence-corrected chi connectivity index (χ3v) is 3.39. The summed E-state index contributed by atoms with van der Waals surface area (Å²) >= 11 is 0. The van der Waals surface area contributed by atoms with E-state index in [0.717, 1.165) is 29.9 Å². The molecule has 0 bridgehead atoms. The molecule has 106 valence electrons. The van der Waals surface area contributed by atoms with E-state index in [2.05, 4.69) is 41.3 Å². The van der Waals surface area contributed by atoms with Crippen molar-refractivity contribution in [1.29, 1.82) is 0 Å². The highest BCUT2D eigenvalue weighted by atomic mass is 15.3. The predicted octanol–water partition coefficient (Wildman–Crippen LogP) is 3.47. The summed E-state index contributed by atoms with van der Waals surface area (Å²) in [5.74, 6) is 0.762. The summed E-state index contributed by atoms with van der Waals surface area (Å²) in [6.07, 6.45) is 5.79. The number of nitrogen functional groups attached to an aromatic ring is 1. The molecule has 0 amide bonds. The Morgan fingerprint density at radius 3 is 2.57 bits per heavy atom. The van der Waals surface area contributed by atoms with Crippen molar-refractivity contribution >= 4 is 5.69 Å². The van der Waals surface area contributed by atoms with Gasteiger partial charge in [0.1, 0.15) is 5.69 Å². The monoisotopic (exact) mass is 278 g/mol. The van der Waals surface area contributed by atoms with Gasteiger partial charge in [-0.05, 0) is 24.1 Å². The van der Waals surface area contributed by atoms with Crippen LogP contribution in [-0.4, -0.2) is 14.8 Å². The number of aromatic nitrogens is 3. The summed E-state index contributed by atoms with van der Waals surface area (Å²) in [5.41, 5.74) is 9.91. The van der Waals surface area contributed by atoms with E-state index in [-0.39, 0.29) is 0 Å². The first-order valence-electron chi connectivity index (χ1n) is 7.14. The molecule has 4 nitrogen and oxygen atoms in total. The van der Waals surface area contributed by atoms with Crippen LogP contribution in [0.4, 0.5) is 5.69 Å². The molecule has 2 aromatic heterocycles. The average molecular weight is 278 g/mol. The third-order valence-electron chi connectivity index (χ3n) is 3.39. The maximum atomic E-state index is 6.10. The van der Waals surface area contributed by atoms with Gasteiger partial charge in [0.15, 0.2) is 5.82 Å². The normalized spacial score (nSPS) is 10.7. The lowest BCUT2D eigenvalue weighted by molar-refractivity contribution is 0.850. The van der Waals surface area contributed by atoms with Crippen LogP contribution >= 0.6 is 0 Å². The van der Waals surface area contributed by atoms with Gasteiger partial charge in [-0.25, -0.2) is 9.67 Å². The van der Waals surface area contributed by atoms with E-state index in [9.17, 15) is 0 Å². The molecule has 1 aromatic carbocycles. The number of hydrogen-bond donors (Lipinski definition) is 1. The Bertz CT molecular complexity index is 714. The molecule has 0 aliphatic heterocycles. The summed E-state index contributed by atoms with van der Waals surface area (Å²) in [6, 6.07) is 14.1.